The Balaban J connectivity index is 1.67. The summed E-state index contributed by atoms with van der Waals surface area (Å²) in [6.07, 6.45) is 2.23. The van der Waals surface area contributed by atoms with Gasteiger partial charge in [0.2, 0.25) is 10.8 Å². The number of ether oxygens (including phenoxy) is 1. The van der Waals surface area contributed by atoms with Crippen LogP contribution < -0.4 is 0 Å². The maximum absolute atomic E-state index is 12.2. The fourth-order valence-electron chi connectivity index (χ4n) is 4.14. The molecule has 0 bridgehead atoms. The van der Waals surface area contributed by atoms with Gasteiger partial charge in [-0.1, -0.05) is 48.1 Å². The molecule has 1 unspecified atom stereocenters. The summed E-state index contributed by atoms with van der Waals surface area (Å²) >= 11 is 1.48. The number of carbonyl (C=O) groups is 1. The first-order valence-corrected chi connectivity index (χ1v) is 11.4. The van der Waals surface area contributed by atoms with Crippen LogP contribution in [0.5, 0.6) is 5.88 Å². The molecule has 30 heavy (non-hydrogen) atoms. The Kier molecular flexibility index (Phi) is 6.06. The minimum atomic E-state index is -0.105. The molecule has 7 nitrogen and oxygen atoms in total. The second kappa shape index (κ2) is 8.73. The molecule has 4 rings (SSSR count). The molecule has 1 atom stereocenters. The van der Waals surface area contributed by atoms with Crippen LogP contribution >= 0.6 is 11.3 Å². The van der Waals surface area contributed by atoms with Crippen molar-refractivity contribution in [2.45, 2.75) is 46.1 Å². The highest BCUT2D eigenvalue weighted by molar-refractivity contribution is 7.17. The van der Waals surface area contributed by atoms with Crippen LogP contribution in [0.15, 0.2) is 24.3 Å². The van der Waals surface area contributed by atoms with Crippen molar-refractivity contribution < 1.29 is 14.6 Å². The number of nitrogens with zero attached hydrogens (tertiary/aromatic N) is 4. The summed E-state index contributed by atoms with van der Waals surface area (Å²) in [5.74, 6) is 0.729. The van der Waals surface area contributed by atoms with Gasteiger partial charge in [0.1, 0.15) is 0 Å². The normalized spacial score (nSPS) is 16.8. The van der Waals surface area contributed by atoms with Crippen molar-refractivity contribution in [1.82, 2.24) is 19.5 Å². The van der Waals surface area contributed by atoms with Gasteiger partial charge in [-0.05, 0) is 45.3 Å². The first-order valence-electron chi connectivity index (χ1n) is 10.6. The van der Waals surface area contributed by atoms with Gasteiger partial charge >= 0.3 is 5.97 Å². The summed E-state index contributed by atoms with van der Waals surface area (Å²) in [5.41, 5.74) is 2.30. The van der Waals surface area contributed by atoms with Crippen LogP contribution in [-0.2, 0) is 16.0 Å². The molecule has 0 spiro atoms. The van der Waals surface area contributed by atoms with Crippen molar-refractivity contribution in [2.75, 3.05) is 19.7 Å². The molecule has 1 aromatic carbocycles. The zero-order valence-corrected chi connectivity index (χ0v) is 18.5. The Bertz CT molecular complexity index is 1040. The van der Waals surface area contributed by atoms with E-state index in [1.165, 1.54) is 16.9 Å². The molecular weight excluding hydrogens is 400 g/mol. The number of aromatic nitrogens is 3. The first-order chi connectivity index (χ1) is 14.5. The number of benzene rings is 1. The first kappa shape index (κ1) is 20.8. The summed E-state index contributed by atoms with van der Waals surface area (Å²) in [6, 6.07) is 8.28. The number of hydrogen-bond acceptors (Lipinski definition) is 7. The third kappa shape index (κ3) is 3.94. The van der Waals surface area contributed by atoms with Crippen LogP contribution in [0.2, 0.25) is 0 Å². The predicted molar refractivity (Wildman–Crippen MR) is 116 cm³/mol. The lowest BCUT2D eigenvalue weighted by Crippen LogP contribution is -2.39. The second-order valence-corrected chi connectivity index (χ2v) is 8.75. The Morgan fingerprint density at radius 1 is 1.33 bits per heavy atom. The Hall–Kier alpha value is -2.45. The van der Waals surface area contributed by atoms with Crippen molar-refractivity contribution in [3.8, 4) is 5.88 Å². The molecule has 1 N–H and O–H groups in total. The molecule has 0 saturated carbocycles. The van der Waals surface area contributed by atoms with E-state index in [0.29, 0.717) is 11.6 Å². The highest BCUT2D eigenvalue weighted by Crippen LogP contribution is 2.41. The van der Waals surface area contributed by atoms with E-state index < -0.39 is 0 Å². The van der Waals surface area contributed by atoms with Gasteiger partial charge in [0, 0.05) is 6.42 Å². The van der Waals surface area contributed by atoms with Crippen LogP contribution in [-0.4, -0.2) is 50.3 Å². The van der Waals surface area contributed by atoms with E-state index in [-0.39, 0.29) is 23.8 Å². The lowest BCUT2D eigenvalue weighted by Gasteiger charge is -2.36. The van der Waals surface area contributed by atoms with Gasteiger partial charge in [0.15, 0.2) is 5.82 Å². The largest absolute Gasteiger partial charge is 0.492 e. The van der Waals surface area contributed by atoms with Crippen LogP contribution in [0.25, 0.3) is 4.96 Å². The minimum absolute atomic E-state index is 0.0533. The molecule has 1 fully saturated rings. The number of rotatable bonds is 6. The van der Waals surface area contributed by atoms with E-state index in [2.05, 4.69) is 40.1 Å². The number of fused-ring (bicyclic) bond motifs is 1. The van der Waals surface area contributed by atoms with Gasteiger partial charge < -0.3 is 9.84 Å². The average Bonchev–Trinajstić information content (AvgIpc) is 3.28. The van der Waals surface area contributed by atoms with Crippen LogP contribution in [0.4, 0.5) is 0 Å². The third-order valence-electron chi connectivity index (χ3n) is 5.68. The molecule has 1 aliphatic heterocycles. The lowest BCUT2D eigenvalue weighted by atomic mass is 9.93. The van der Waals surface area contributed by atoms with E-state index in [9.17, 15) is 9.90 Å². The number of hydrogen-bond donors (Lipinski definition) is 1. The SMILES string of the molecule is CCOC(=O)C1CCN(C(c2cccc(C)c2)c2sc3nc(CC)nn3c2O)CC1. The van der Waals surface area contributed by atoms with E-state index in [1.54, 1.807) is 4.52 Å². The molecule has 1 aliphatic rings. The summed E-state index contributed by atoms with van der Waals surface area (Å²) in [7, 11) is 0. The summed E-state index contributed by atoms with van der Waals surface area (Å²) in [6.45, 7) is 7.85. The number of carbonyl (C=O) groups excluding carboxylic acids is 1. The molecule has 2 aromatic heterocycles. The number of likely N-dealkylation sites (tertiary alicyclic amines) is 1. The van der Waals surface area contributed by atoms with Gasteiger partial charge in [-0.3, -0.25) is 9.69 Å². The Labute approximate surface area is 180 Å². The average molecular weight is 429 g/mol. The van der Waals surface area contributed by atoms with Crippen molar-refractivity contribution in [1.29, 1.82) is 0 Å². The fourth-order valence-corrected chi connectivity index (χ4v) is 5.28. The Morgan fingerprint density at radius 2 is 2.10 bits per heavy atom. The second-order valence-electron chi connectivity index (χ2n) is 7.74. The van der Waals surface area contributed by atoms with Gasteiger partial charge in [-0.15, -0.1) is 5.10 Å². The smallest absolute Gasteiger partial charge is 0.309 e. The van der Waals surface area contributed by atoms with Gasteiger partial charge in [-0.25, -0.2) is 4.98 Å². The van der Waals surface area contributed by atoms with E-state index >= 15 is 0 Å². The number of esters is 1. The molecule has 0 aliphatic carbocycles. The zero-order chi connectivity index (χ0) is 21.3. The van der Waals surface area contributed by atoms with Gasteiger partial charge in [-0.2, -0.15) is 4.52 Å². The Morgan fingerprint density at radius 3 is 2.73 bits per heavy atom. The lowest BCUT2D eigenvalue weighted by molar-refractivity contribution is -0.149. The van der Waals surface area contributed by atoms with Crippen molar-refractivity contribution in [3.63, 3.8) is 0 Å². The quantitative estimate of drug-likeness (QED) is 0.603. The third-order valence-corrected chi connectivity index (χ3v) is 6.75. The molecule has 0 amide bonds. The molecule has 3 heterocycles. The van der Waals surface area contributed by atoms with Crippen LogP contribution in [0.3, 0.4) is 0 Å². The maximum atomic E-state index is 12.2. The highest BCUT2D eigenvalue weighted by atomic mass is 32.1. The molecule has 8 heteroatoms. The number of piperidine rings is 1. The van der Waals surface area contributed by atoms with Gasteiger partial charge in [0.25, 0.3) is 0 Å². The van der Waals surface area contributed by atoms with Crippen LogP contribution in [0.1, 0.15) is 54.6 Å². The molecule has 160 valence electrons. The van der Waals surface area contributed by atoms with Crippen molar-refractivity contribution in [3.05, 3.63) is 46.1 Å². The van der Waals surface area contributed by atoms with Crippen LogP contribution in [0, 0.1) is 12.8 Å². The molecular formula is C22H28N4O3S. The molecule has 1 saturated heterocycles. The standard InChI is InChI=1S/C22H28N4O3S/c1-4-17-23-22-26(24-17)20(27)19(30-22)18(16-8-6-7-14(3)13-16)25-11-9-15(10-12-25)21(28)29-5-2/h6-8,13,15,18,27H,4-5,9-12H2,1-3H3. The maximum Gasteiger partial charge on any atom is 0.309 e. The predicted octanol–water partition coefficient (Wildman–Crippen LogP) is 3.73. The van der Waals surface area contributed by atoms with Crippen molar-refractivity contribution in [2.24, 2.45) is 5.92 Å². The van der Waals surface area contributed by atoms with Gasteiger partial charge in [0.05, 0.1) is 23.4 Å². The highest BCUT2D eigenvalue weighted by Gasteiger charge is 2.34. The fraction of sp³-hybridized carbons (Fsp3) is 0.500. The summed E-state index contributed by atoms with van der Waals surface area (Å²) in [4.78, 5) is 20.6. The topological polar surface area (TPSA) is 80.0 Å². The number of aromatic hydroxyl groups is 1. The van der Waals surface area contributed by atoms with E-state index in [0.717, 1.165) is 48.6 Å². The monoisotopic (exact) mass is 428 g/mol. The molecule has 3 aromatic rings. The molecule has 0 radical (unpaired) electrons. The van der Waals surface area contributed by atoms with Crippen molar-refractivity contribution >= 4 is 22.3 Å². The van der Waals surface area contributed by atoms with E-state index in [4.69, 9.17) is 4.74 Å². The summed E-state index contributed by atoms with van der Waals surface area (Å²) < 4.78 is 6.77. The number of thiazole rings is 1. The minimum Gasteiger partial charge on any atom is -0.492 e. The van der Waals surface area contributed by atoms with E-state index in [1.807, 2.05) is 19.9 Å². The zero-order valence-electron chi connectivity index (χ0n) is 17.7. The summed E-state index contributed by atoms with van der Waals surface area (Å²) in [5, 5.41) is 15.4. The number of aryl methyl sites for hydroxylation is 2.